The molecule has 2 saturated heterocycles. The van der Waals surface area contributed by atoms with Gasteiger partial charge in [-0.15, -0.1) is 0 Å². The summed E-state index contributed by atoms with van der Waals surface area (Å²) < 4.78 is 22.6. The van der Waals surface area contributed by atoms with E-state index >= 15 is 0 Å². The minimum absolute atomic E-state index is 0. The molecule has 18 heteroatoms. The van der Waals surface area contributed by atoms with E-state index in [1.165, 1.54) is 0 Å². The van der Waals surface area contributed by atoms with Crippen LogP contribution in [0.25, 0.3) is 0 Å². The predicted molar refractivity (Wildman–Crippen MR) is 62.5 cm³/mol. The van der Waals surface area contributed by atoms with Gasteiger partial charge in [0.15, 0.2) is 0 Å². The van der Waals surface area contributed by atoms with Gasteiger partial charge in [0.1, 0.15) is 0 Å². The van der Waals surface area contributed by atoms with Crippen molar-refractivity contribution in [1.82, 2.24) is 0 Å². The van der Waals surface area contributed by atoms with E-state index in [0.29, 0.717) is 0 Å². The minimum atomic E-state index is -1.45. The van der Waals surface area contributed by atoms with Crippen molar-refractivity contribution in [1.29, 1.82) is 0 Å². The zero-order valence-electron chi connectivity index (χ0n) is 9.75. The molecule has 12 nitrogen and oxygen atoms in total. The molecule has 0 unspecified atom stereocenters. The fraction of sp³-hybridized carbons (Fsp3) is 0. The van der Waals surface area contributed by atoms with Crippen LogP contribution in [0.15, 0.2) is 0 Å². The first-order valence-electron chi connectivity index (χ1n) is 2.87. The first kappa shape index (κ1) is 36.7. The van der Waals surface area contributed by atoms with Crippen molar-refractivity contribution in [3.8, 4) is 0 Å². The Morgan fingerprint density at radius 2 is 0.722 bits per heavy atom. The van der Waals surface area contributed by atoms with Gasteiger partial charge < -0.3 is 60.3 Å². The van der Waals surface area contributed by atoms with Crippen LogP contribution in [-0.2, 0) is 22.9 Å². The summed E-state index contributed by atoms with van der Waals surface area (Å²) in [5.41, 5.74) is 0. The fourth-order valence-corrected chi connectivity index (χ4v) is 0.728. The van der Waals surface area contributed by atoms with Gasteiger partial charge in [-0.2, -0.15) is 0 Å². The monoisotopic (exact) mass is 294 g/mol. The molecule has 0 amide bonds. The summed E-state index contributed by atoms with van der Waals surface area (Å²) in [6.07, 6.45) is 0. The summed E-state index contributed by atoms with van der Waals surface area (Å²) in [6.45, 7) is 0. The summed E-state index contributed by atoms with van der Waals surface area (Å²) in [5, 5.41) is 17.5. The van der Waals surface area contributed by atoms with Crippen molar-refractivity contribution >= 4 is 88.4 Å². The van der Waals surface area contributed by atoms with Gasteiger partial charge in [-0.1, -0.05) is 0 Å². The van der Waals surface area contributed by atoms with Gasteiger partial charge >= 0.3 is 29.3 Å². The van der Waals surface area contributed by atoms with E-state index in [4.69, 9.17) is 10.0 Å². The summed E-state index contributed by atoms with van der Waals surface area (Å²) in [6, 6.07) is 0. The zero-order valence-corrected chi connectivity index (χ0v) is 13.7. The second-order valence-electron chi connectivity index (χ2n) is 1.87. The Kier molecular flexibility index (Phi) is 34.4. The Balaban J connectivity index is -0.0000000514. The molecule has 0 aromatic carbocycles. The molecular weight excluding hydrogens is 281 g/mol. The molecule has 0 aromatic rings. The van der Waals surface area contributed by atoms with Crippen molar-refractivity contribution in [2.45, 2.75) is 0 Å². The molecule has 2 rings (SSSR count). The molecule has 2 radical (unpaired) electrons. The van der Waals surface area contributed by atoms with Crippen LogP contribution in [0, 0.1) is 0 Å². The SMILES string of the molecule is O.O.O.O.O.OB1OB2OB(O)OB(O1)O2.[Na].[Na]. The fourth-order valence-electron chi connectivity index (χ4n) is 0.728. The van der Waals surface area contributed by atoms with Crippen LogP contribution < -0.4 is 0 Å². The molecule has 2 fully saturated rings. The van der Waals surface area contributed by atoms with Gasteiger partial charge in [0, 0.05) is 59.1 Å². The molecular formula is H12B4Na2O12. The van der Waals surface area contributed by atoms with Gasteiger partial charge in [-0.25, -0.2) is 0 Å². The van der Waals surface area contributed by atoms with Gasteiger partial charge in [0.25, 0.3) is 0 Å². The smallest absolute Gasteiger partial charge is 0.412 e. The number of fused-ring (bicyclic) bond motifs is 2. The van der Waals surface area contributed by atoms with Crippen LogP contribution in [0.5, 0.6) is 0 Å². The molecule has 0 atom stereocenters. The second kappa shape index (κ2) is 16.8. The molecule has 0 aromatic heterocycles. The number of rotatable bonds is 0. The Morgan fingerprint density at radius 1 is 0.500 bits per heavy atom. The molecule has 0 aliphatic carbocycles. The standard InChI is InChI=1S/B4H2O7.2Na.5H2O/c5-1-7-3-9-2(6)10-4(8-1)11-3;;;;;;;/h5-6H;;;5*1H2. The quantitative estimate of drug-likeness (QED) is 0.407. The van der Waals surface area contributed by atoms with Crippen molar-refractivity contribution in [2.24, 2.45) is 0 Å². The molecule has 18 heavy (non-hydrogen) atoms. The Hall–Kier alpha value is 1.78. The van der Waals surface area contributed by atoms with E-state index in [-0.39, 0.29) is 86.5 Å². The summed E-state index contributed by atoms with van der Waals surface area (Å²) in [5.74, 6) is 0. The maximum atomic E-state index is 8.74. The molecule has 2 bridgehead atoms. The van der Waals surface area contributed by atoms with Crippen LogP contribution in [0.1, 0.15) is 0 Å². The molecule has 0 spiro atoms. The molecule has 2 aliphatic heterocycles. The van der Waals surface area contributed by atoms with Crippen LogP contribution in [-0.4, -0.2) is 126 Å². The van der Waals surface area contributed by atoms with E-state index in [9.17, 15) is 0 Å². The maximum Gasteiger partial charge on any atom is 0.612 e. The van der Waals surface area contributed by atoms with Crippen LogP contribution in [0.4, 0.5) is 0 Å². The maximum absolute atomic E-state index is 8.74. The van der Waals surface area contributed by atoms with E-state index in [1.807, 2.05) is 0 Å². The van der Waals surface area contributed by atoms with E-state index in [2.05, 4.69) is 22.9 Å². The first-order valence-corrected chi connectivity index (χ1v) is 2.87. The molecule has 98 valence electrons. The number of hydrogen-bond acceptors (Lipinski definition) is 7. The van der Waals surface area contributed by atoms with Crippen molar-refractivity contribution in [2.75, 3.05) is 0 Å². The second-order valence-corrected chi connectivity index (χ2v) is 1.87. The Bertz CT molecular complexity index is 128. The van der Waals surface area contributed by atoms with Crippen molar-refractivity contribution in [3.63, 3.8) is 0 Å². The third kappa shape index (κ3) is 10.6. The van der Waals surface area contributed by atoms with Crippen molar-refractivity contribution < 1.29 is 60.3 Å². The van der Waals surface area contributed by atoms with Gasteiger partial charge in [0.05, 0.1) is 0 Å². The third-order valence-electron chi connectivity index (χ3n) is 1.13. The van der Waals surface area contributed by atoms with Gasteiger partial charge in [-0.3, -0.25) is 0 Å². The van der Waals surface area contributed by atoms with Crippen LogP contribution >= 0.6 is 0 Å². The summed E-state index contributed by atoms with van der Waals surface area (Å²) >= 11 is 0. The Labute approximate surface area is 147 Å². The molecule has 2 heterocycles. The van der Waals surface area contributed by atoms with Gasteiger partial charge in [-0.05, 0) is 0 Å². The summed E-state index contributed by atoms with van der Waals surface area (Å²) in [7, 11) is -5.20. The number of hydrogen-bond donors (Lipinski definition) is 2. The van der Waals surface area contributed by atoms with Crippen LogP contribution in [0.3, 0.4) is 0 Å². The molecule has 0 saturated carbocycles. The minimum Gasteiger partial charge on any atom is -0.412 e. The first-order chi connectivity index (χ1) is 5.24. The predicted octanol–water partition coefficient (Wildman–Crippen LogP) is -7.86. The average Bonchev–Trinajstić information content (AvgIpc) is 1.82. The van der Waals surface area contributed by atoms with Gasteiger partial charge in [0.2, 0.25) is 0 Å². The van der Waals surface area contributed by atoms with E-state index in [0.717, 1.165) is 0 Å². The normalized spacial score (nSPS) is 15.0. The third-order valence-corrected chi connectivity index (χ3v) is 1.13. The molecule has 2 aliphatic rings. The average molecular weight is 293 g/mol. The molecule has 12 N–H and O–H groups in total. The van der Waals surface area contributed by atoms with Crippen molar-refractivity contribution in [3.05, 3.63) is 0 Å². The van der Waals surface area contributed by atoms with E-state index in [1.54, 1.807) is 0 Å². The largest absolute Gasteiger partial charge is 0.612 e. The van der Waals surface area contributed by atoms with E-state index < -0.39 is 29.3 Å². The Morgan fingerprint density at radius 3 is 0.944 bits per heavy atom. The topological polar surface area (TPSA) is 244 Å². The zero-order chi connectivity index (χ0) is 7.84. The van der Waals surface area contributed by atoms with Crippen LogP contribution in [0.2, 0.25) is 0 Å². The summed E-state index contributed by atoms with van der Waals surface area (Å²) in [4.78, 5) is 0.